The van der Waals surface area contributed by atoms with Crippen molar-refractivity contribution in [2.24, 2.45) is 17.8 Å². The number of aliphatic hydroxyl groups excluding tert-OH is 1. The second kappa shape index (κ2) is 62.8. The summed E-state index contributed by atoms with van der Waals surface area (Å²) in [6.45, 7) is 11.8. The van der Waals surface area contributed by atoms with Crippen molar-refractivity contribution in [3.05, 3.63) is 0 Å². The van der Waals surface area contributed by atoms with E-state index in [1.165, 1.54) is 167 Å². The summed E-state index contributed by atoms with van der Waals surface area (Å²) in [7, 11) is -9.89. The van der Waals surface area contributed by atoms with E-state index in [-0.39, 0.29) is 25.7 Å². The Morgan fingerprint density at radius 1 is 0.297 bits per heavy atom. The lowest BCUT2D eigenvalue weighted by Crippen LogP contribution is -2.30. The molecule has 0 amide bonds. The Balaban J connectivity index is 5.14. The van der Waals surface area contributed by atoms with Gasteiger partial charge in [-0.05, 0) is 43.4 Å². The van der Waals surface area contributed by atoms with Crippen LogP contribution in [-0.2, 0) is 65.4 Å². The van der Waals surface area contributed by atoms with Gasteiger partial charge in [-0.1, -0.05) is 312 Å². The highest BCUT2D eigenvalue weighted by molar-refractivity contribution is 7.47. The van der Waals surface area contributed by atoms with E-state index in [0.717, 1.165) is 108 Å². The Morgan fingerprint density at radius 3 is 0.747 bits per heavy atom. The first kappa shape index (κ1) is 89.1. The molecule has 0 fully saturated rings. The molecular weight excluding hydrogens is 1200 g/mol. The number of esters is 4. The van der Waals surface area contributed by atoms with Crippen LogP contribution in [0.4, 0.5) is 0 Å². The quantitative estimate of drug-likeness (QED) is 0.0222. The van der Waals surface area contributed by atoms with Crippen LogP contribution in [0.1, 0.15) is 363 Å². The fraction of sp³-hybridized carbons (Fsp3) is 0.944. The van der Waals surface area contributed by atoms with E-state index in [4.69, 9.17) is 37.0 Å². The third-order valence-electron chi connectivity index (χ3n) is 16.6. The minimum absolute atomic E-state index is 0.102. The molecule has 0 aromatic carbocycles. The first-order valence-corrected chi connectivity index (χ1v) is 40.3. The van der Waals surface area contributed by atoms with Gasteiger partial charge >= 0.3 is 39.5 Å². The minimum Gasteiger partial charge on any atom is -0.462 e. The minimum atomic E-state index is -4.95. The molecule has 0 spiro atoms. The second-order valence-corrected chi connectivity index (χ2v) is 30.3. The van der Waals surface area contributed by atoms with E-state index in [9.17, 15) is 43.2 Å². The Hall–Kier alpha value is -1.94. The van der Waals surface area contributed by atoms with Gasteiger partial charge in [0.15, 0.2) is 12.2 Å². The SMILES string of the molecule is CCCCCCCC(=O)OC[C@H](COP(=O)(O)OC[C@H](O)COP(=O)(O)OC[C@@H](COC(=O)CCCCCCCCCCCCCCCCCC(C)C)OC(=O)CCCCCCCCCCCCCCCCCC(C)C)OC(=O)CCCCCCCCCC(C)C. The van der Waals surface area contributed by atoms with Gasteiger partial charge in [-0.3, -0.25) is 37.3 Å². The van der Waals surface area contributed by atoms with Gasteiger partial charge in [0.2, 0.25) is 0 Å². The van der Waals surface area contributed by atoms with Crippen LogP contribution in [0.2, 0.25) is 0 Å². The smallest absolute Gasteiger partial charge is 0.462 e. The third kappa shape index (κ3) is 66.5. The number of carbonyl (C=O) groups is 4. The highest BCUT2D eigenvalue weighted by atomic mass is 31.2. The Kier molecular flexibility index (Phi) is 61.5. The molecule has 0 saturated heterocycles. The zero-order valence-electron chi connectivity index (χ0n) is 59.3. The number of phosphoric acid groups is 2. The van der Waals surface area contributed by atoms with E-state index in [1.54, 1.807) is 0 Å². The summed E-state index contributed by atoms with van der Waals surface area (Å²) in [6, 6.07) is 0. The summed E-state index contributed by atoms with van der Waals surface area (Å²) >= 11 is 0. The van der Waals surface area contributed by atoms with E-state index in [1.807, 2.05) is 0 Å². The van der Waals surface area contributed by atoms with Crippen molar-refractivity contribution in [2.45, 2.75) is 381 Å². The number of hydrogen-bond donors (Lipinski definition) is 3. The summed E-state index contributed by atoms with van der Waals surface area (Å²) < 4.78 is 68.1. The lowest BCUT2D eigenvalue weighted by atomic mass is 10.0. The van der Waals surface area contributed by atoms with Crippen LogP contribution >= 0.6 is 15.6 Å². The number of carbonyl (C=O) groups excluding carboxylic acids is 4. The molecule has 0 aromatic heterocycles. The summed E-state index contributed by atoms with van der Waals surface area (Å²) in [4.78, 5) is 72.3. The first-order valence-electron chi connectivity index (χ1n) is 37.3. The van der Waals surface area contributed by atoms with Crippen LogP contribution in [0.25, 0.3) is 0 Å². The Morgan fingerprint density at radius 2 is 0.505 bits per heavy atom. The van der Waals surface area contributed by atoms with Crippen LogP contribution in [-0.4, -0.2) is 96.7 Å². The molecule has 2 unspecified atom stereocenters. The average Bonchev–Trinajstić information content (AvgIpc) is 3.66. The molecule has 0 rings (SSSR count). The molecule has 540 valence electrons. The molecule has 0 aromatic rings. The topological polar surface area (TPSA) is 237 Å². The molecule has 3 N–H and O–H groups in total. The maximum Gasteiger partial charge on any atom is 0.472 e. The summed E-state index contributed by atoms with van der Waals surface area (Å²) in [5, 5.41) is 10.6. The molecule has 5 atom stereocenters. The average molecular weight is 1340 g/mol. The largest absolute Gasteiger partial charge is 0.472 e. The Bertz CT molecular complexity index is 1780. The van der Waals surface area contributed by atoms with Crippen molar-refractivity contribution < 1.29 is 80.2 Å². The molecule has 19 heteroatoms. The molecule has 0 radical (unpaired) electrons. The lowest BCUT2D eigenvalue weighted by Gasteiger charge is -2.21. The second-order valence-electron chi connectivity index (χ2n) is 27.4. The van der Waals surface area contributed by atoms with E-state index >= 15 is 0 Å². The maximum absolute atomic E-state index is 13.0. The molecule has 91 heavy (non-hydrogen) atoms. The van der Waals surface area contributed by atoms with Gasteiger partial charge in [0.1, 0.15) is 19.3 Å². The standard InChI is InChI=1S/C72H140O17P2/c1-8-9-10-36-46-53-69(74)82-59-67(88-72(77)56-49-42-35-29-32-39-45-52-65(6)7)61-86-90(78,79)84-57-66(73)58-85-91(80,81)87-62-68(89-71(76)55-48-41-34-28-24-20-16-12-14-18-22-26-31-38-44-51-64(4)5)60-83-70(75)54-47-40-33-27-23-19-15-11-13-17-21-25-30-37-43-50-63(2)3/h63-68,73H,8-62H2,1-7H3,(H,78,79)(H,80,81)/t66-,67+,68+/m0/s1. The molecule has 0 aliphatic carbocycles. The van der Waals surface area contributed by atoms with Gasteiger partial charge in [-0.25, -0.2) is 9.13 Å². The monoisotopic (exact) mass is 1340 g/mol. The predicted octanol–water partition coefficient (Wildman–Crippen LogP) is 20.6. The van der Waals surface area contributed by atoms with Crippen molar-refractivity contribution in [1.82, 2.24) is 0 Å². The molecule has 17 nitrogen and oxygen atoms in total. The van der Waals surface area contributed by atoms with Gasteiger partial charge in [-0.15, -0.1) is 0 Å². The van der Waals surface area contributed by atoms with Crippen molar-refractivity contribution in [2.75, 3.05) is 39.6 Å². The van der Waals surface area contributed by atoms with Crippen molar-refractivity contribution >= 4 is 39.5 Å². The van der Waals surface area contributed by atoms with Gasteiger partial charge < -0.3 is 33.8 Å². The maximum atomic E-state index is 13.0. The number of hydrogen-bond acceptors (Lipinski definition) is 15. The van der Waals surface area contributed by atoms with E-state index in [2.05, 4.69) is 48.5 Å². The fourth-order valence-corrected chi connectivity index (χ4v) is 12.5. The molecule has 0 aliphatic heterocycles. The van der Waals surface area contributed by atoms with Gasteiger partial charge in [0, 0.05) is 25.7 Å². The van der Waals surface area contributed by atoms with Crippen LogP contribution in [0, 0.1) is 17.8 Å². The number of ether oxygens (including phenoxy) is 4. The number of unbranched alkanes of at least 4 members (excludes halogenated alkanes) is 38. The molecule has 0 saturated carbocycles. The van der Waals surface area contributed by atoms with E-state index < -0.39 is 97.5 Å². The summed E-state index contributed by atoms with van der Waals surface area (Å²) in [5.41, 5.74) is 0. The Labute approximate surface area is 556 Å². The predicted molar refractivity (Wildman–Crippen MR) is 368 cm³/mol. The highest BCUT2D eigenvalue weighted by Gasteiger charge is 2.30. The zero-order valence-corrected chi connectivity index (χ0v) is 61.1. The van der Waals surface area contributed by atoms with Crippen LogP contribution < -0.4 is 0 Å². The normalized spacial score (nSPS) is 14.2. The number of aliphatic hydroxyl groups is 1. The fourth-order valence-electron chi connectivity index (χ4n) is 10.9. The van der Waals surface area contributed by atoms with Crippen LogP contribution in [0.5, 0.6) is 0 Å². The van der Waals surface area contributed by atoms with E-state index in [0.29, 0.717) is 31.6 Å². The third-order valence-corrected chi connectivity index (χ3v) is 18.5. The van der Waals surface area contributed by atoms with Crippen LogP contribution in [0.15, 0.2) is 0 Å². The van der Waals surface area contributed by atoms with Gasteiger partial charge in [-0.2, -0.15) is 0 Å². The molecule has 0 aliphatic rings. The zero-order chi connectivity index (χ0) is 67.3. The van der Waals surface area contributed by atoms with Crippen molar-refractivity contribution in [3.63, 3.8) is 0 Å². The van der Waals surface area contributed by atoms with Gasteiger partial charge in [0.25, 0.3) is 0 Å². The molecular formula is C72H140O17P2. The van der Waals surface area contributed by atoms with Crippen molar-refractivity contribution in [3.8, 4) is 0 Å². The number of rotatable bonds is 70. The lowest BCUT2D eigenvalue weighted by molar-refractivity contribution is -0.161. The summed E-state index contributed by atoms with van der Waals surface area (Å²) in [5.74, 6) is 0.168. The highest BCUT2D eigenvalue weighted by Crippen LogP contribution is 2.45. The molecule has 0 bridgehead atoms. The van der Waals surface area contributed by atoms with Crippen molar-refractivity contribution in [1.29, 1.82) is 0 Å². The summed E-state index contributed by atoms with van der Waals surface area (Å²) in [6.07, 6.45) is 47.8. The number of phosphoric ester groups is 2. The van der Waals surface area contributed by atoms with Gasteiger partial charge in [0.05, 0.1) is 26.4 Å². The first-order chi connectivity index (χ1) is 43.7. The van der Waals surface area contributed by atoms with Crippen LogP contribution in [0.3, 0.4) is 0 Å². The molecule has 0 heterocycles.